The van der Waals surface area contributed by atoms with Crippen LogP contribution in [0.5, 0.6) is 0 Å². The normalized spacial score (nSPS) is 11.4. The summed E-state index contributed by atoms with van der Waals surface area (Å²) in [7, 11) is 1.70. The molecular formula is C22H25ClN4O2S. The molecule has 0 unspecified atom stereocenters. The Kier molecular flexibility index (Phi) is 6.73. The van der Waals surface area contributed by atoms with Crippen molar-refractivity contribution in [3.05, 3.63) is 65.1 Å². The monoisotopic (exact) mass is 444 g/mol. The largest absolute Gasteiger partial charge is 0.444 e. The zero-order valence-corrected chi connectivity index (χ0v) is 19.3. The van der Waals surface area contributed by atoms with Gasteiger partial charge >= 0.3 is 6.09 Å². The van der Waals surface area contributed by atoms with E-state index in [-0.39, 0.29) is 0 Å². The first-order valence-corrected chi connectivity index (χ1v) is 10.7. The minimum Gasteiger partial charge on any atom is -0.444 e. The number of pyridine rings is 1. The molecule has 0 saturated carbocycles. The lowest BCUT2D eigenvalue weighted by Crippen LogP contribution is -2.33. The Bertz CT molecular complexity index is 1050. The maximum atomic E-state index is 12.3. The second-order valence-electron chi connectivity index (χ2n) is 7.91. The SMILES string of the molecule is Cc1cc(Sc2cc(CN(C)C(=O)OC(C)(C)C)nn2-c2ccccc2Cl)ccn1. The molecule has 158 valence electrons. The Balaban J connectivity index is 1.92. The number of hydrogen-bond donors (Lipinski definition) is 0. The molecule has 1 aromatic carbocycles. The van der Waals surface area contributed by atoms with Crippen LogP contribution in [-0.4, -0.2) is 38.4 Å². The van der Waals surface area contributed by atoms with Crippen LogP contribution in [0.25, 0.3) is 5.69 Å². The van der Waals surface area contributed by atoms with E-state index in [1.807, 2.05) is 70.2 Å². The maximum absolute atomic E-state index is 12.3. The number of carbonyl (C=O) groups excluding carboxylic acids is 1. The quantitative estimate of drug-likeness (QED) is 0.501. The molecule has 3 rings (SSSR count). The van der Waals surface area contributed by atoms with Gasteiger partial charge in [-0.3, -0.25) is 4.98 Å². The number of amides is 1. The zero-order valence-electron chi connectivity index (χ0n) is 17.7. The third-order valence-electron chi connectivity index (χ3n) is 4.00. The summed E-state index contributed by atoms with van der Waals surface area (Å²) in [5.41, 5.74) is 1.89. The van der Waals surface area contributed by atoms with Gasteiger partial charge in [0.05, 0.1) is 22.9 Å². The van der Waals surface area contributed by atoms with Crippen molar-refractivity contribution in [1.82, 2.24) is 19.7 Å². The van der Waals surface area contributed by atoms with Crippen LogP contribution in [0.1, 0.15) is 32.2 Å². The topological polar surface area (TPSA) is 60.3 Å². The first kappa shape index (κ1) is 22.2. The molecule has 0 saturated heterocycles. The predicted molar refractivity (Wildman–Crippen MR) is 119 cm³/mol. The van der Waals surface area contributed by atoms with Gasteiger partial charge in [-0.25, -0.2) is 9.48 Å². The summed E-state index contributed by atoms with van der Waals surface area (Å²) in [4.78, 5) is 19.2. The first-order chi connectivity index (χ1) is 14.1. The Morgan fingerprint density at radius 1 is 1.23 bits per heavy atom. The van der Waals surface area contributed by atoms with Crippen LogP contribution in [0, 0.1) is 6.92 Å². The van der Waals surface area contributed by atoms with Crippen molar-refractivity contribution in [2.75, 3.05) is 7.05 Å². The summed E-state index contributed by atoms with van der Waals surface area (Å²) in [5, 5.41) is 6.21. The number of para-hydroxylation sites is 1. The highest BCUT2D eigenvalue weighted by Crippen LogP contribution is 2.32. The fourth-order valence-corrected chi connectivity index (χ4v) is 3.94. The summed E-state index contributed by atoms with van der Waals surface area (Å²) in [6, 6.07) is 13.5. The van der Waals surface area contributed by atoms with Crippen molar-refractivity contribution < 1.29 is 9.53 Å². The van der Waals surface area contributed by atoms with Crippen molar-refractivity contribution in [2.45, 2.75) is 49.8 Å². The van der Waals surface area contributed by atoms with Crippen molar-refractivity contribution in [2.24, 2.45) is 0 Å². The number of benzene rings is 1. The molecule has 0 atom stereocenters. The van der Waals surface area contributed by atoms with E-state index in [1.165, 1.54) is 4.90 Å². The molecule has 1 amide bonds. The van der Waals surface area contributed by atoms with E-state index < -0.39 is 11.7 Å². The standard InChI is InChI=1S/C22H25ClN4O2S/c1-15-12-17(10-11-24-15)30-20-13-16(14-26(5)21(28)29-22(2,3)4)25-27(20)19-9-7-6-8-18(19)23/h6-13H,14H2,1-5H3. The maximum Gasteiger partial charge on any atom is 0.410 e. The molecule has 0 spiro atoms. The van der Waals surface area contributed by atoms with Crippen molar-refractivity contribution in [3.63, 3.8) is 0 Å². The fourth-order valence-electron chi connectivity index (χ4n) is 2.71. The van der Waals surface area contributed by atoms with Gasteiger partial charge in [0, 0.05) is 23.8 Å². The lowest BCUT2D eigenvalue weighted by atomic mass is 10.2. The Hall–Kier alpha value is -2.51. The fraction of sp³-hybridized carbons (Fsp3) is 0.318. The van der Waals surface area contributed by atoms with Crippen molar-refractivity contribution in [3.8, 4) is 5.69 Å². The third-order valence-corrected chi connectivity index (χ3v) is 5.31. The van der Waals surface area contributed by atoms with Gasteiger partial charge in [-0.1, -0.05) is 35.5 Å². The molecule has 0 N–H and O–H groups in total. The Morgan fingerprint density at radius 2 is 1.97 bits per heavy atom. The molecule has 0 aliphatic heterocycles. The Morgan fingerprint density at radius 3 is 2.63 bits per heavy atom. The van der Waals surface area contributed by atoms with E-state index >= 15 is 0 Å². The summed E-state index contributed by atoms with van der Waals surface area (Å²) >= 11 is 8.00. The average molecular weight is 445 g/mol. The van der Waals surface area contributed by atoms with Crippen molar-refractivity contribution in [1.29, 1.82) is 0 Å². The van der Waals surface area contributed by atoms with Crippen LogP contribution in [0.4, 0.5) is 4.79 Å². The van der Waals surface area contributed by atoms with Gasteiger partial charge in [0.25, 0.3) is 0 Å². The third kappa shape index (κ3) is 5.77. The van der Waals surface area contributed by atoms with E-state index in [0.29, 0.717) is 11.6 Å². The Labute approximate surface area is 186 Å². The summed E-state index contributed by atoms with van der Waals surface area (Å²) in [6.45, 7) is 7.80. The summed E-state index contributed by atoms with van der Waals surface area (Å²) < 4.78 is 7.25. The average Bonchev–Trinajstić information content (AvgIpc) is 3.02. The molecule has 0 aliphatic rings. The molecular weight excluding hydrogens is 420 g/mol. The number of aromatic nitrogens is 3. The van der Waals surface area contributed by atoms with E-state index in [2.05, 4.69) is 4.98 Å². The molecule has 0 bridgehead atoms. The van der Waals surface area contributed by atoms with E-state index in [1.54, 1.807) is 29.7 Å². The number of hydrogen-bond acceptors (Lipinski definition) is 5. The highest BCUT2D eigenvalue weighted by atomic mass is 35.5. The first-order valence-electron chi connectivity index (χ1n) is 9.51. The minimum atomic E-state index is -0.553. The van der Waals surface area contributed by atoms with Crippen molar-refractivity contribution >= 4 is 29.5 Å². The highest BCUT2D eigenvalue weighted by Gasteiger charge is 2.21. The second-order valence-corrected chi connectivity index (χ2v) is 9.41. The lowest BCUT2D eigenvalue weighted by molar-refractivity contribution is 0.0283. The van der Waals surface area contributed by atoms with Gasteiger partial charge in [-0.05, 0) is 58.0 Å². The number of aryl methyl sites for hydroxylation is 1. The van der Waals surface area contributed by atoms with E-state index in [0.717, 1.165) is 27.0 Å². The molecule has 0 fully saturated rings. The number of halogens is 1. The van der Waals surface area contributed by atoms with Gasteiger partial charge in [0.1, 0.15) is 10.6 Å². The van der Waals surface area contributed by atoms with Crippen LogP contribution in [0.15, 0.2) is 58.6 Å². The number of nitrogens with zero attached hydrogens (tertiary/aromatic N) is 4. The molecule has 0 aliphatic carbocycles. The number of carbonyl (C=O) groups is 1. The number of rotatable bonds is 5. The number of ether oxygens (including phenoxy) is 1. The van der Waals surface area contributed by atoms with Gasteiger partial charge in [0.15, 0.2) is 0 Å². The summed E-state index contributed by atoms with van der Waals surface area (Å²) in [5.74, 6) is 0. The van der Waals surface area contributed by atoms with Gasteiger partial charge in [0.2, 0.25) is 0 Å². The highest BCUT2D eigenvalue weighted by molar-refractivity contribution is 7.99. The predicted octanol–water partition coefficient (Wildman–Crippen LogP) is 5.75. The molecule has 3 aromatic rings. The van der Waals surface area contributed by atoms with Crippen LogP contribution >= 0.6 is 23.4 Å². The van der Waals surface area contributed by atoms with E-state index in [4.69, 9.17) is 21.4 Å². The zero-order chi connectivity index (χ0) is 21.9. The van der Waals surface area contributed by atoms with E-state index in [9.17, 15) is 4.79 Å². The van der Waals surface area contributed by atoms with Gasteiger partial charge < -0.3 is 9.64 Å². The second kappa shape index (κ2) is 9.10. The minimum absolute atomic E-state index is 0.315. The summed E-state index contributed by atoms with van der Waals surface area (Å²) in [6.07, 6.45) is 1.39. The van der Waals surface area contributed by atoms with Crippen LogP contribution < -0.4 is 0 Å². The van der Waals surface area contributed by atoms with Gasteiger partial charge in [-0.15, -0.1) is 0 Å². The molecule has 8 heteroatoms. The van der Waals surface area contributed by atoms with Crippen LogP contribution in [-0.2, 0) is 11.3 Å². The smallest absolute Gasteiger partial charge is 0.410 e. The molecule has 6 nitrogen and oxygen atoms in total. The lowest BCUT2D eigenvalue weighted by Gasteiger charge is -2.24. The van der Waals surface area contributed by atoms with Crippen LogP contribution in [0.3, 0.4) is 0 Å². The van der Waals surface area contributed by atoms with Gasteiger partial charge in [-0.2, -0.15) is 5.10 Å². The molecule has 0 radical (unpaired) electrons. The molecule has 2 aromatic heterocycles. The molecule has 2 heterocycles. The molecule has 30 heavy (non-hydrogen) atoms. The van der Waals surface area contributed by atoms with Crippen LogP contribution in [0.2, 0.25) is 5.02 Å².